The fourth-order valence-corrected chi connectivity index (χ4v) is 1.86. The van der Waals surface area contributed by atoms with Gasteiger partial charge in [0.05, 0.1) is 4.47 Å². The number of hydrogen-bond donors (Lipinski definition) is 1. The van der Waals surface area contributed by atoms with Gasteiger partial charge in [0.25, 0.3) is 0 Å². The molecule has 0 saturated heterocycles. The van der Waals surface area contributed by atoms with Crippen LogP contribution < -0.4 is 0 Å². The first-order valence-corrected chi connectivity index (χ1v) is 5.97. The Bertz CT molecular complexity index is 630. The number of rotatable bonds is 2. The van der Waals surface area contributed by atoms with Gasteiger partial charge in [0.2, 0.25) is 0 Å². The van der Waals surface area contributed by atoms with E-state index in [-0.39, 0.29) is 10.0 Å². The highest BCUT2D eigenvalue weighted by Crippen LogP contribution is 2.28. The van der Waals surface area contributed by atoms with Crippen LogP contribution in [0.1, 0.15) is 17.2 Å². The van der Waals surface area contributed by atoms with E-state index in [1.54, 1.807) is 0 Å². The van der Waals surface area contributed by atoms with Crippen molar-refractivity contribution >= 4 is 15.9 Å². The van der Waals surface area contributed by atoms with Crippen molar-refractivity contribution in [3.63, 3.8) is 0 Å². The van der Waals surface area contributed by atoms with Crippen molar-refractivity contribution < 1.29 is 22.7 Å². The maximum Gasteiger partial charge on any atom is 0.161 e. The van der Waals surface area contributed by atoms with Crippen LogP contribution in [0.5, 0.6) is 0 Å². The highest BCUT2D eigenvalue weighted by molar-refractivity contribution is 9.10. The van der Waals surface area contributed by atoms with Crippen molar-refractivity contribution in [2.75, 3.05) is 0 Å². The summed E-state index contributed by atoms with van der Waals surface area (Å²) in [5.74, 6) is -4.39. The molecule has 0 aliphatic heterocycles. The lowest BCUT2D eigenvalue weighted by atomic mass is 10.0. The molecule has 0 fully saturated rings. The molecule has 0 aliphatic carbocycles. The van der Waals surface area contributed by atoms with Gasteiger partial charge in [-0.15, -0.1) is 0 Å². The topological polar surface area (TPSA) is 20.2 Å². The minimum absolute atomic E-state index is 0.0330. The summed E-state index contributed by atoms with van der Waals surface area (Å²) in [6.07, 6.45) is -1.59. The second kappa shape index (κ2) is 5.30. The lowest BCUT2D eigenvalue weighted by Crippen LogP contribution is -2.05. The van der Waals surface area contributed by atoms with Crippen LogP contribution in [0, 0.1) is 23.3 Å². The average Bonchev–Trinajstić information content (AvgIpc) is 2.36. The molecule has 0 saturated carbocycles. The van der Waals surface area contributed by atoms with Crippen LogP contribution in [0.3, 0.4) is 0 Å². The summed E-state index contributed by atoms with van der Waals surface area (Å²) in [6, 6.07) is 4.54. The Balaban J connectivity index is 2.46. The SMILES string of the molecule is OC(c1ccc(Br)c(F)c1)c1cc(F)c(F)cc1F. The minimum Gasteiger partial charge on any atom is -0.384 e. The highest BCUT2D eigenvalue weighted by Gasteiger charge is 2.19. The smallest absolute Gasteiger partial charge is 0.161 e. The zero-order valence-electron chi connectivity index (χ0n) is 9.30. The van der Waals surface area contributed by atoms with Crippen LogP contribution >= 0.6 is 15.9 Å². The largest absolute Gasteiger partial charge is 0.384 e. The van der Waals surface area contributed by atoms with Gasteiger partial charge >= 0.3 is 0 Å². The number of benzene rings is 2. The molecule has 2 aromatic carbocycles. The molecule has 0 heterocycles. The van der Waals surface area contributed by atoms with E-state index in [1.165, 1.54) is 12.1 Å². The zero-order chi connectivity index (χ0) is 14.2. The van der Waals surface area contributed by atoms with Crippen LogP contribution in [-0.4, -0.2) is 5.11 Å². The molecular weight excluding hydrogens is 328 g/mol. The van der Waals surface area contributed by atoms with Gasteiger partial charge in [-0.05, 0) is 39.7 Å². The molecule has 0 bridgehead atoms. The van der Waals surface area contributed by atoms with E-state index < -0.39 is 34.9 Å². The predicted octanol–water partition coefficient (Wildman–Crippen LogP) is 4.09. The van der Waals surface area contributed by atoms with E-state index >= 15 is 0 Å². The van der Waals surface area contributed by atoms with Gasteiger partial charge in [0, 0.05) is 11.6 Å². The second-order valence-electron chi connectivity index (χ2n) is 3.86. The first-order valence-electron chi connectivity index (χ1n) is 5.17. The summed E-state index contributed by atoms with van der Waals surface area (Å²) in [7, 11) is 0. The van der Waals surface area contributed by atoms with Crippen LogP contribution in [0.25, 0.3) is 0 Å². The molecule has 2 rings (SSSR count). The summed E-state index contributed by atoms with van der Waals surface area (Å²) in [4.78, 5) is 0. The number of halogens is 5. The maximum atomic E-state index is 13.5. The van der Waals surface area contributed by atoms with Crippen molar-refractivity contribution in [3.8, 4) is 0 Å². The third-order valence-corrected chi connectivity index (χ3v) is 3.24. The lowest BCUT2D eigenvalue weighted by molar-refractivity contribution is 0.213. The molecule has 19 heavy (non-hydrogen) atoms. The fourth-order valence-electron chi connectivity index (χ4n) is 1.61. The predicted molar refractivity (Wildman–Crippen MR) is 64.5 cm³/mol. The van der Waals surface area contributed by atoms with E-state index in [0.29, 0.717) is 12.1 Å². The van der Waals surface area contributed by atoms with Gasteiger partial charge in [-0.25, -0.2) is 17.6 Å². The minimum atomic E-state index is -1.59. The molecule has 0 spiro atoms. The second-order valence-corrected chi connectivity index (χ2v) is 4.72. The van der Waals surface area contributed by atoms with Crippen molar-refractivity contribution in [1.29, 1.82) is 0 Å². The monoisotopic (exact) mass is 334 g/mol. The summed E-state index contributed by atoms with van der Waals surface area (Å²) >= 11 is 2.93. The Labute approximate surface area is 114 Å². The molecule has 0 radical (unpaired) electrons. The number of aliphatic hydroxyl groups is 1. The van der Waals surface area contributed by atoms with E-state index in [0.717, 1.165) is 6.07 Å². The van der Waals surface area contributed by atoms with Crippen molar-refractivity contribution in [1.82, 2.24) is 0 Å². The average molecular weight is 335 g/mol. The van der Waals surface area contributed by atoms with Crippen molar-refractivity contribution in [2.45, 2.75) is 6.10 Å². The van der Waals surface area contributed by atoms with Crippen molar-refractivity contribution in [2.24, 2.45) is 0 Å². The quantitative estimate of drug-likeness (QED) is 0.648. The summed E-state index contributed by atoms with van der Waals surface area (Å²) in [5, 5.41) is 9.89. The number of hydrogen-bond acceptors (Lipinski definition) is 1. The first kappa shape index (κ1) is 14.0. The summed E-state index contributed by atoms with van der Waals surface area (Å²) in [5.41, 5.74) is -0.425. The van der Waals surface area contributed by atoms with E-state index in [4.69, 9.17) is 0 Å². The normalized spacial score (nSPS) is 12.5. The van der Waals surface area contributed by atoms with Crippen molar-refractivity contribution in [3.05, 3.63) is 69.2 Å². The third-order valence-electron chi connectivity index (χ3n) is 2.59. The van der Waals surface area contributed by atoms with E-state index in [1.807, 2.05) is 0 Å². The first-order chi connectivity index (χ1) is 8.90. The molecule has 0 aliphatic rings. The highest BCUT2D eigenvalue weighted by atomic mass is 79.9. The molecule has 1 unspecified atom stereocenters. The lowest BCUT2D eigenvalue weighted by Gasteiger charge is -2.13. The van der Waals surface area contributed by atoms with Crippen LogP contribution in [0.4, 0.5) is 17.6 Å². The third kappa shape index (κ3) is 2.79. The maximum absolute atomic E-state index is 13.5. The Morgan fingerprint density at radius 2 is 1.47 bits per heavy atom. The Kier molecular flexibility index (Phi) is 3.91. The molecule has 100 valence electrons. The van der Waals surface area contributed by atoms with Crippen LogP contribution in [0.15, 0.2) is 34.8 Å². The molecule has 2 aromatic rings. The van der Waals surface area contributed by atoms with Crippen LogP contribution in [0.2, 0.25) is 0 Å². The van der Waals surface area contributed by atoms with Crippen LogP contribution in [-0.2, 0) is 0 Å². The molecule has 1 N–H and O–H groups in total. The Morgan fingerprint density at radius 1 is 0.842 bits per heavy atom. The summed E-state index contributed by atoms with van der Waals surface area (Å²) < 4.78 is 52.8. The van der Waals surface area contributed by atoms with E-state index in [2.05, 4.69) is 15.9 Å². The van der Waals surface area contributed by atoms with Gasteiger partial charge in [-0.2, -0.15) is 0 Å². The van der Waals surface area contributed by atoms with Gasteiger partial charge < -0.3 is 5.11 Å². The molecular formula is C13H7BrF4O. The Morgan fingerprint density at radius 3 is 2.11 bits per heavy atom. The fraction of sp³-hybridized carbons (Fsp3) is 0.0769. The van der Waals surface area contributed by atoms with Gasteiger partial charge in [0.15, 0.2) is 11.6 Å². The summed E-state index contributed by atoms with van der Waals surface area (Å²) in [6.45, 7) is 0. The van der Waals surface area contributed by atoms with Gasteiger partial charge in [-0.1, -0.05) is 6.07 Å². The molecule has 0 amide bonds. The van der Waals surface area contributed by atoms with Gasteiger partial charge in [0.1, 0.15) is 17.7 Å². The van der Waals surface area contributed by atoms with Gasteiger partial charge in [-0.3, -0.25) is 0 Å². The Hall–Kier alpha value is -1.40. The molecule has 1 nitrogen and oxygen atoms in total. The molecule has 6 heteroatoms. The molecule has 0 aromatic heterocycles. The number of aliphatic hydroxyl groups excluding tert-OH is 1. The standard InChI is InChI=1S/C13H7BrF4O/c14-8-2-1-6(3-10(8)16)13(19)7-4-11(17)12(18)5-9(7)15/h1-5,13,19H. The zero-order valence-corrected chi connectivity index (χ0v) is 10.9. The van der Waals surface area contributed by atoms with E-state index in [9.17, 15) is 22.7 Å². The molecule has 1 atom stereocenters.